The number of rotatable bonds is 11. The topological polar surface area (TPSA) is 51.2 Å². The maximum atomic E-state index is 12.2. The summed E-state index contributed by atoms with van der Waals surface area (Å²) in [7, 11) is 5.32. The van der Waals surface area contributed by atoms with E-state index in [1.807, 2.05) is 24.3 Å². The molecule has 1 aliphatic rings. The molecule has 2 aromatic carbocycles. The number of ether oxygens (including phenoxy) is 3. The zero-order chi connectivity index (χ0) is 23.1. The quantitative estimate of drug-likeness (QED) is 0.531. The van der Waals surface area contributed by atoms with Crippen LogP contribution in [0.25, 0.3) is 0 Å². The van der Waals surface area contributed by atoms with Crippen LogP contribution in [0.3, 0.4) is 0 Å². The molecule has 0 saturated carbocycles. The zero-order valence-electron chi connectivity index (χ0n) is 19.0. The average molecular weight is 450 g/mol. The molecule has 7 heteroatoms. The van der Waals surface area contributed by atoms with Gasteiger partial charge in [0.25, 0.3) is 0 Å². The molecule has 5 nitrogen and oxygen atoms in total. The number of aliphatic hydroxyl groups excluding tert-OH is 1. The third kappa shape index (κ3) is 6.33. The van der Waals surface area contributed by atoms with Crippen LogP contribution >= 0.6 is 0 Å². The van der Waals surface area contributed by atoms with Crippen molar-refractivity contribution in [1.29, 1.82) is 0 Å². The first-order valence-corrected chi connectivity index (χ1v) is 11.1. The summed E-state index contributed by atoms with van der Waals surface area (Å²) in [4.78, 5) is 2.26. The average Bonchev–Trinajstić information content (AvgIpc) is 2.79. The van der Waals surface area contributed by atoms with Crippen LogP contribution in [0.2, 0.25) is 0 Å². The van der Waals surface area contributed by atoms with Crippen molar-refractivity contribution in [3.8, 4) is 17.2 Å². The van der Waals surface area contributed by atoms with Gasteiger partial charge in [-0.1, -0.05) is 12.1 Å². The number of benzene rings is 2. The highest BCUT2D eigenvalue weighted by Gasteiger charge is 2.29. The Morgan fingerprint density at radius 2 is 1.75 bits per heavy atom. The molecule has 32 heavy (non-hydrogen) atoms. The molecule has 2 unspecified atom stereocenters. The lowest BCUT2D eigenvalue weighted by Gasteiger charge is -2.31. The maximum Gasteiger partial charge on any atom is 0.387 e. The van der Waals surface area contributed by atoms with Gasteiger partial charge in [-0.05, 0) is 92.6 Å². The van der Waals surface area contributed by atoms with Crippen LogP contribution in [0.1, 0.15) is 42.1 Å². The fourth-order valence-electron chi connectivity index (χ4n) is 4.38. The van der Waals surface area contributed by atoms with Gasteiger partial charge in [0.2, 0.25) is 0 Å². The van der Waals surface area contributed by atoms with Crippen LogP contribution in [0.15, 0.2) is 36.4 Å². The van der Waals surface area contributed by atoms with Crippen molar-refractivity contribution in [3.05, 3.63) is 53.1 Å². The third-order valence-electron chi connectivity index (χ3n) is 6.24. The van der Waals surface area contributed by atoms with Crippen molar-refractivity contribution >= 4 is 0 Å². The van der Waals surface area contributed by atoms with E-state index in [0.29, 0.717) is 11.5 Å². The number of alkyl halides is 2. The minimum absolute atomic E-state index is 0.181. The molecule has 0 saturated heterocycles. The van der Waals surface area contributed by atoms with Gasteiger partial charge in [-0.2, -0.15) is 8.78 Å². The molecule has 3 rings (SSSR count). The van der Waals surface area contributed by atoms with Crippen molar-refractivity contribution in [2.24, 2.45) is 5.92 Å². The highest BCUT2D eigenvalue weighted by atomic mass is 19.3. The first kappa shape index (κ1) is 24.3. The van der Waals surface area contributed by atoms with E-state index in [4.69, 9.17) is 9.47 Å². The fourth-order valence-corrected chi connectivity index (χ4v) is 4.38. The number of hydrogen-bond donors (Lipinski definition) is 1. The lowest BCUT2D eigenvalue weighted by molar-refractivity contribution is -0.0498. The highest BCUT2D eigenvalue weighted by Crippen LogP contribution is 2.42. The molecule has 2 aromatic rings. The number of methoxy groups -OCH3 is 2. The first-order chi connectivity index (χ1) is 15.4. The molecule has 0 aromatic heterocycles. The second-order valence-corrected chi connectivity index (χ2v) is 8.37. The predicted octanol–water partition coefficient (Wildman–Crippen LogP) is 4.86. The SMILES string of the molecule is COc1cc2c(cc1OC)C(O)C(CCCN(C)CCc1ccc(OC(F)F)cc1)CC2. The van der Waals surface area contributed by atoms with Gasteiger partial charge in [0, 0.05) is 6.54 Å². The predicted molar refractivity (Wildman–Crippen MR) is 120 cm³/mol. The highest BCUT2D eigenvalue weighted by molar-refractivity contribution is 5.49. The molecule has 0 aliphatic heterocycles. The summed E-state index contributed by atoms with van der Waals surface area (Å²) in [5, 5.41) is 10.9. The van der Waals surface area contributed by atoms with E-state index in [2.05, 4.69) is 16.7 Å². The summed E-state index contributed by atoms with van der Waals surface area (Å²) < 4.78 is 39.6. The summed E-state index contributed by atoms with van der Waals surface area (Å²) in [6.45, 7) is -0.982. The van der Waals surface area contributed by atoms with E-state index < -0.39 is 12.7 Å². The molecule has 2 atom stereocenters. The minimum Gasteiger partial charge on any atom is -0.493 e. The molecule has 0 fully saturated rings. The molecule has 176 valence electrons. The number of aliphatic hydroxyl groups is 1. The monoisotopic (exact) mass is 449 g/mol. The molecular formula is C25H33F2NO4. The van der Waals surface area contributed by atoms with Crippen LogP contribution in [0.4, 0.5) is 8.78 Å². The number of hydrogen-bond acceptors (Lipinski definition) is 5. The molecule has 0 spiro atoms. The van der Waals surface area contributed by atoms with Gasteiger partial charge in [0.1, 0.15) is 5.75 Å². The van der Waals surface area contributed by atoms with Gasteiger partial charge in [-0.3, -0.25) is 0 Å². The molecule has 0 amide bonds. The van der Waals surface area contributed by atoms with Crippen molar-refractivity contribution in [3.63, 3.8) is 0 Å². The smallest absolute Gasteiger partial charge is 0.387 e. The number of aryl methyl sites for hydroxylation is 1. The normalized spacial score (nSPS) is 18.0. The molecule has 0 radical (unpaired) electrons. The molecule has 0 heterocycles. The van der Waals surface area contributed by atoms with Gasteiger partial charge in [0.05, 0.1) is 20.3 Å². The number of nitrogens with zero attached hydrogens (tertiary/aromatic N) is 1. The van der Waals surface area contributed by atoms with E-state index in [-0.39, 0.29) is 11.7 Å². The van der Waals surface area contributed by atoms with E-state index in [0.717, 1.165) is 61.9 Å². The lowest BCUT2D eigenvalue weighted by atomic mass is 9.79. The number of halogens is 2. The Morgan fingerprint density at radius 1 is 1.06 bits per heavy atom. The van der Waals surface area contributed by atoms with Gasteiger partial charge < -0.3 is 24.2 Å². The molecule has 1 aliphatic carbocycles. The Labute approximate surface area is 188 Å². The van der Waals surface area contributed by atoms with Crippen LogP contribution in [-0.2, 0) is 12.8 Å². The maximum absolute atomic E-state index is 12.2. The second kappa shape index (κ2) is 11.5. The summed E-state index contributed by atoms with van der Waals surface area (Å²) in [5.41, 5.74) is 3.17. The van der Waals surface area contributed by atoms with E-state index in [1.165, 1.54) is 0 Å². The first-order valence-electron chi connectivity index (χ1n) is 11.1. The van der Waals surface area contributed by atoms with E-state index in [9.17, 15) is 13.9 Å². The van der Waals surface area contributed by atoms with Gasteiger partial charge in [0.15, 0.2) is 11.5 Å². The Kier molecular flexibility index (Phi) is 8.70. The standard InChI is InChI=1S/C25H33F2NO4/c1-28(14-12-17-6-10-20(11-7-17)32-25(26)27)13-4-5-18-8-9-19-15-22(30-2)23(31-3)16-21(19)24(18)29/h6-7,10-11,15-16,18,24-25,29H,4-5,8-9,12-14H2,1-3H3. The number of likely N-dealkylation sites (N-methyl/N-ethyl adjacent to an activating group) is 1. The summed E-state index contributed by atoms with van der Waals surface area (Å²) >= 11 is 0. The second-order valence-electron chi connectivity index (χ2n) is 8.37. The van der Waals surface area contributed by atoms with Crippen molar-refractivity contribution in [2.45, 2.75) is 44.8 Å². The van der Waals surface area contributed by atoms with Crippen molar-refractivity contribution in [1.82, 2.24) is 4.90 Å². The molecule has 1 N–H and O–H groups in total. The van der Waals surface area contributed by atoms with Crippen molar-refractivity contribution in [2.75, 3.05) is 34.4 Å². The summed E-state index contributed by atoms with van der Waals surface area (Å²) in [6.07, 6.45) is 4.20. The minimum atomic E-state index is -2.80. The van der Waals surface area contributed by atoms with Crippen LogP contribution in [0, 0.1) is 5.92 Å². The fraction of sp³-hybridized carbons (Fsp3) is 0.520. The Hall–Kier alpha value is -2.38. The Morgan fingerprint density at radius 3 is 2.41 bits per heavy atom. The van der Waals surface area contributed by atoms with Crippen LogP contribution in [-0.4, -0.2) is 51.0 Å². The van der Waals surface area contributed by atoms with Crippen LogP contribution in [0.5, 0.6) is 17.2 Å². The Balaban J connectivity index is 1.44. The molecular weight excluding hydrogens is 416 g/mol. The largest absolute Gasteiger partial charge is 0.493 e. The van der Waals surface area contributed by atoms with Gasteiger partial charge in [-0.25, -0.2) is 0 Å². The van der Waals surface area contributed by atoms with Crippen molar-refractivity contribution < 1.29 is 28.1 Å². The summed E-state index contributed by atoms with van der Waals surface area (Å²) in [5.74, 6) is 1.77. The van der Waals surface area contributed by atoms with Gasteiger partial charge >= 0.3 is 6.61 Å². The number of fused-ring (bicyclic) bond motifs is 1. The summed E-state index contributed by atoms with van der Waals surface area (Å²) in [6, 6.07) is 10.7. The van der Waals surface area contributed by atoms with E-state index >= 15 is 0 Å². The lowest BCUT2D eigenvalue weighted by Crippen LogP contribution is -2.25. The zero-order valence-corrected chi connectivity index (χ0v) is 19.0. The third-order valence-corrected chi connectivity index (χ3v) is 6.24. The van der Waals surface area contributed by atoms with Gasteiger partial charge in [-0.15, -0.1) is 0 Å². The molecule has 0 bridgehead atoms. The Bertz CT molecular complexity index is 860. The van der Waals surface area contributed by atoms with Crippen LogP contribution < -0.4 is 14.2 Å². The van der Waals surface area contributed by atoms with E-state index in [1.54, 1.807) is 26.4 Å².